The minimum Gasteiger partial charge on any atom is -0.487 e. The van der Waals surface area contributed by atoms with Gasteiger partial charge in [0.15, 0.2) is 9.70 Å². The number of benzene rings is 1. The fraction of sp³-hybridized carbons (Fsp3) is 0.182. The summed E-state index contributed by atoms with van der Waals surface area (Å²) >= 11 is 6.38. The Kier molecular flexibility index (Phi) is 3.73. The molecule has 0 atom stereocenters. The number of hydrogen-bond acceptors (Lipinski definition) is 5. The molecule has 5 nitrogen and oxygen atoms in total. The monoisotopic (exact) mass is 282 g/mol. The zero-order valence-electron chi connectivity index (χ0n) is 9.50. The van der Waals surface area contributed by atoms with Crippen molar-refractivity contribution in [1.82, 2.24) is 4.98 Å². The lowest BCUT2D eigenvalue weighted by atomic mass is 10.1. The van der Waals surface area contributed by atoms with Crippen LogP contribution in [-0.4, -0.2) is 16.5 Å². The molecule has 7 heteroatoms. The SMILES string of the molecule is CCOc1ccc(-c2csc(=S)[nH]2)cc1[N+](=O)[O-]. The van der Waals surface area contributed by atoms with Crippen molar-refractivity contribution in [2.75, 3.05) is 6.61 Å². The number of aromatic amines is 1. The second-order valence-corrected chi connectivity index (χ2v) is 4.98. The molecule has 0 aliphatic heterocycles. The molecule has 1 N–H and O–H groups in total. The summed E-state index contributed by atoms with van der Waals surface area (Å²) in [6, 6.07) is 4.86. The molecule has 0 amide bonds. The molecule has 1 aromatic heterocycles. The van der Waals surface area contributed by atoms with E-state index < -0.39 is 4.92 Å². The van der Waals surface area contributed by atoms with Crippen LogP contribution in [0.25, 0.3) is 11.3 Å². The molecular formula is C11H10N2O3S2. The van der Waals surface area contributed by atoms with Gasteiger partial charge in [-0.1, -0.05) is 0 Å². The summed E-state index contributed by atoms with van der Waals surface area (Å²) in [6.45, 7) is 2.18. The standard InChI is InChI=1S/C11H10N2O3S2/c1-2-16-10-4-3-7(5-9(10)13(14)15)8-6-18-11(17)12-8/h3-6H,2H2,1H3,(H,12,17). The number of nitrogens with one attached hydrogen (secondary N) is 1. The summed E-state index contributed by atoms with van der Waals surface area (Å²) in [4.78, 5) is 13.5. The van der Waals surface area contributed by atoms with Crippen molar-refractivity contribution in [1.29, 1.82) is 0 Å². The highest BCUT2D eigenvalue weighted by atomic mass is 32.1. The molecule has 0 aliphatic rings. The second kappa shape index (κ2) is 5.28. The molecule has 1 aromatic carbocycles. The Morgan fingerprint density at radius 2 is 2.33 bits per heavy atom. The Labute approximate surface area is 112 Å². The largest absolute Gasteiger partial charge is 0.487 e. The first-order valence-electron chi connectivity index (χ1n) is 5.21. The van der Waals surface area contributed by atoms with E-state index in [4.69, 9.17) is 17.0 Å². The third kappa shape index (κ3) is 2.57. The molecule has 0 fully saturated rings. The van der Waals surface area contributed by atoms with Crippen molar-refractivity contribution in [2.45, 2.75) is 6.92 Å². The first-order chi connectivity index (χ1) is 8.61. The van der Waals surface area contributed by atoms with Gasteiger partial charge in [0, 0.05) is 17.0 Å². The van der Waals surface area contributed by atoms with Crippen LogP contribution in [0.4, 0.5) is 5.69 Å². The maximum absolute atomic E-state index is 11.0. The summed E-state index contributed by atoms with van der Waals surface area (Å²) in [5.41, 5.74) is 1.45. The normalized spacial score (nSPS) is 10.3. The van der Waals surface area contributed by atoms with Gasteiger partial charge in [0.25, 0.3) is 0 Å². The molecule has 18 heavy (non-hydrogen) atoms. The van der Waals surface area contributed by atoms with Crippen molar-refractivity contribution < 1.29 is 9.66 Å². The van der Waals surface area contributed by atoms with Crippen LogP contribution < -0.4 is 4.74 Å². The summed E-state index contributed by atoms with van der Waals surface area (Å²) in [6.07, 6.45) is 0. The fourth-order valence-electron chi connectivity index (χ4n) is 1.53. The Balaban J connectivity index is 2.49. The van der Waals surface area contributed by atoms with Crippen LogP contribution in [0.15, 0.2) is 23.6 Å². The minimum atomic E-state index is -0.449. The Morgan fingerprint density at radius 3 is 2.89 bits per heavy atom. The van der Waals surface area contributed by atoms with Gasteiger partial charge < -0.3 is 9.72 Å². The van der Waals surface area contributed by atoms with Crippen molar-refractivity contribution in [3.8, 4) is 17.0 Å². The zero-order valence-corrected chi connectivity index (χ0v) is 11.1. The number of H-pyrrole nitrogens is 1. The van der Waals surface area contributed by atoms with Gasteiger partial charge >= 0.3 is 5.69 Å². The average molecular weight is 282 g/mol. The van der Waals surface area contributed by atoms with Crippen LogP contribution in [0, 0.1) is 14.1 Å². The average Bonchev–Trinajstić information content (AvgIpc) is 2.76. The first-order valence-corrected chi connectivity index (χ1v) is 6.50. The summed E-state index contributed by atoms with van der Waals surface area (Å²) in [5, 5.41) is 12.8. The van der Waals surface area contributed by atoms with E-state index in [2.05, 4.69) is 4.98 Å². The highest BCUT2D eigenvalue weighted by Gasteiger charge is 2.16. The highest BCUT2D eigenvalue weighted by molar-refractivity contribution is 7.73. The predicted molar refractivity (Wildman–Crippen MR) is 72.8 cm³/mol. The summed E-state index contributed by atoms with van der Waals surface area (Å²) in [7, 11) is 0. The predicted octanol–water partition coefficient (Wildman–Crippen LogP) is 3.78. The van der Waals surface area contributed by atoms with E-state index in [0.29, 0.717) is 10.6 Å². The first kappa shape index (κ1) is 12.7. The van der Waals surface area contributed by atoms with Crippen LogP contribution in [0.2, 0.25) is 0 Å². The third-order valence-corrected chi connectivity index (χ3v) is 3.35. The van der Waals surface area contributed by atoms with Gasteiger partial charge in [0.05, 0.1) is 17.2 Å². The quantitative estimate of drug-likeness (QED) is 0.526. The Hall–Kier alpha value is -1.73. The molecule has 1 heterocycles. The van der Waals surface area contributed by atoms with Gasteiger partial charge in [-0.15, -0.1) is 11.3 Å². The van der Waals surface area contributed by atoms with Crippen LogP contribution in [0.1, 0.15) is 6.92 Å². The van der Waals surface area contributed by atoms with Crippen LogP contribution in [0.5, 0.6) is 5.75 Å². The number of aromatic nitrogens is 1. The molecule has 0 saturated carbocycles. The van der Waals surface area contributed by atoms with Crippen molar-refractivity contribution in [3.63, 3.8) is 0 Å². The second-order valence-electron chi connectivity index (χ2n) is 3.43. The van der Waals surface area contributed by atoms with E-state index in [1.165, 1.54) is 17.4 Å². The smallest absolute Gasteiger partial charge is 0.311 e. The lowest BCUT2D eigenvalue weighted by molar-refractivity contribution is -0.385. The van der Waals surface area contributed by atoms with Gasteiger partial charge in [-0.2, -0.15) is 0 Å². The molecule has 2 rings (SSSR count). The molecule has 0 spiro atoms. The van der Waals surface area contributed by atoms with Crippen molar-refractivity contribution >= 4 is 29.2 Å². The van der Waals surface area contributed by atoms with Gasteiger partial charge in [-0.3, -0.25) is 10.1 Å². The third-order valence-electron chi connectivity index (χ3n) is 2.29. The molecule has 94 valence electrons. The van der Waals surface area contributed by atoms with Crippen LogP contribution >= 0.6 is 23.6 Å². The van der Waals surface area contributed by atoms with Crippen molar-refractivity contribution in [3.05, 3.63) is 37.6 Å². The molecule has 0 bridgehead atoms. The lowest BCUT2D eigenvalue weighted by Gasteiger charge is -2.05. The number of nitrogens with zero attached hydrogens (tertiary/aromatic N) is 1. The lowest BCUT2D eigenvalue weighted by Crippen LogP contribution is -1.97. The fourth-order valence-corrected chi connectivity index (χ4v) is 2.37. The Morgan fingerprint density at radius 1 is 1.56 bits per heavy atom. The number of thiazole rings is 1. The summed E-state index contributed by atoms with van der Waals surface area (Å²) in [5.74, 6) is 0.278. The van der Waals surface area contributed by atoms with Gasteiger partial charge in [0.1, 0.15) is 0 Å². The van der Waals surface area contributed by atoms with E-state index in [0.717, 1.165) is 11.3 Å². The maximum Gasteiger partial charge on any atom is 0.311 e. The molecule has 0 saturated heterocycles. The number of nitro benzene ring substituents is 1. The molecule has 2 aromatic rings. The Bertz CT molecular complexity index is 633. The maximum atomic E-state index is 11.0. The summed E-state index contributed by atoms with van der Waals surface area (Å²) < 4.78 is 5.86. The van der Waals surface area contributed by atoms with E-state index in [9.17, 15) is 10.1 Å². The zero-order chi connectivity index (χ0) is 13.1. The van der Waals surface area contributed by atoms with E-state index in [1.807, 2.05) is 5.38 Å². The molecule has 0 aliphatic carbocycles. The highest BCUT2D eigenvalue weighted by Crippen LogP contribution is 2.32. The topological polar surface area (TPSA) is 68.2 Å². The van der Waals surface area contributed by atoms with E-state index in [-0.39, 0.29) is 11.4 Å². The van der Waals surface area contributed by atoms with Gasteiger partial charge in [-0.25, -0.2) is 0 Å². The number of nitro groups is 1. The molecule has 0 unspecified atom stereocenters. The number of rotatable bonds is 4. The van der Waals surface area contributed by atoms with Crippen LogP contribution in [0.3, 0.4) is 0 Å². The molecular weight excluding hydrogens is 272 g/mol. The van der Waals surface area contributed by atoms with E-state index in [1.54, 1.807) is 19.1 Å². The van der Waals surface area contributed by atoms with Gasteiger partial charge in [0.2, 0.25) is 0 Å². The minimum absolute atomic E-state index is 0.0418. The number of ether oxygens (including phenoxy) is 1. The van der Waals surface area contributed by atoms with E-state index >= 15 is 0 Å². The van der Waals surface area contributed by atoms with Gasteiger partial charge in [-0.05, 0) is 31.3 Å². The molecule has 0 radical (unpaired) electrons. The number of hydrogen-bond donors (Lipinski definition) is 1. The van der Waals surface area contributed by atoms with Crippen LogP contribution in [-0.2, 0) is 0 Å². The van der Waals surface area contributed by atoms with Crippen molar-refractivity contribution in [2.24, 2.45) is 0 Å².